The number of carbonyl (C=O) groups is 3. The number of aromatic nitrogens is 2. The summed E-state index contributed by atoms with van der Waals surface area (Å²) in [6.45, 7) is 2.71. The van der Waals surface area contributed by atoms with Gasteiger partial charge < -0.3 is 25.7 Å². The molecule has 2 atom stereocenters. The molecule has 184 valence electrons. The number of hydrogen-bond donors (Lipinski definition) is 3. The van der Waals surface area contributed by atoms with E-state index in [0.29, 0.717) is 23.0 Å². The van der Waals surface area contributed by atoms with Gasteiger partial charge in [-0.2, -0.15) is 4.57 Å². The first-order valence-corrected chi connectivity index (χ1v) is 12.4. The van der Waals surface area contributed by atoms with Gasteiger partial charge in [-0.05, 0) is 6.92 Å². The van der Waals surface area contributed by atoms with E-state index in [-0.39, 0.29) is 28.8 Å². The Labute approximate surface area is 208 Å². The lowest BCUT2D eigenvalue weighted by molar-refractivity contribution is -0.687. The fraction of sp³-hybridized carbons (Fsp3) is 0.333. The molecule has 35 heavy (non-hydrogen) atoms. The van der Waals surface area contributed by atoms with E-state index in [1.165, 1.54) is 23.8 Å². The molecule has 0 saturated carbocycles. The van der Waals surface area contributed by atoms with Crippen LogP contribution in [-0.2, 0) is 25.8 Å². The lowest BCUT2D eigenvalue weighted by Crippen LogP contribution is -2.73. The number of carboxylic acid groups (broad SMARTS) is 1. The molecular formula is C21H23N6O6S2+. The Bertz CT molecular complexity index is 1210. The molecule has 1 saturated heterocycles. The van der Waals surface area contributed by atoms with Crippen LogP contribution in [0.5, 0.6) is 5.75 Å². The minimum absolute atomic E-state index is 0.0822. The van der Waals surface area contributed by atoms with Crippen molar-refractivity contribution in [2.75, 3.05) is 25.2 Å². The first kappa shape index (κ1) is 24.5. The van der Waals surface area contributed by atoms with Crippen LogP contribution in [0.25, 0.3) is 0 Å². The molecule has 14 heteroatoms. The van der Waals surface area contributed by atoms with Crippen LogP contribution in [0.3, 0.4) is 0 Å². The number of rotatable bonds is 9. The van der Waals surface area contributed by atoms with Crippen molar-refractivity contribution in [3.8, 4) is 5.75 Å². The van der Waals surface area contributed by atoms with Crippen molar-refractivity contribution >= 4 is 51.7 Å². The summed E-state index contributed by atoms with van der Waals surface area (Å²) in [6, 6.07) is 2.16. The van der Waals surface area contributed by atoms with Gasteiger partial charge in [-0.3, -0.25) is 14.5 Å². The molecule has 2 aromatic heterocycles. The molecule has 4 N–H and O–H groups in total. The maximum atomic E-state index is 13.0. The minimum Gasteiger partial charge on any atom is -0.493 e. The molecule has 2 aromatic rings. The van der Waals surface area contributed by atoms with Crippen molar-refractivity contribution < 1.29 is 33.6 Å². The molecular weight excluding hydrogens is 496 g/mol. The Balaban J connectivity index is 1.50. The Morgan fingerprint density at radius 3 is 2.74 bits per heavy atom. The van der Waals surface area contributed by atoms with E-state index in [1.807, 2.05) is 11.5 Å². The predicted octanol–water partition coefficient (Wildman–Crippen LogP) is 0.201. The average Bonchev–Trinajstić information content (AvgIpc) is 3.27. The van der Waals surface area contributed by atoms with Crippen LogP contribution in [-0.4, -0.2) is 70.0 Å². The summed E-state index contributed by atoms with van der Waals surface area (Å²) in [6.07, 6.45) is 3.57. The van der Waals surface area contributed by atoms with Gasteiger partial charge in [-0.1, -0.05) is 5.16 Å². The lowest BCUT2D eigenvalue weighted by Gasteiger charge is -2.49. The Kier molecular flexibility index (Phi) is 7.21. The number of anilines is 1. The number of pyridine rings is 1. The van der Waals surface area contributed by atoms with Crippen molar-refractivity contribution in [1.29, 1.82) is 0 Å². The zero-order valence-corrected chi connectivity index (χ0v) is 20.5. The molecule has 0 radical (unpaired) electrons. The predicted molar refractivity (Wildman–Crippen MR) is 128 cm³/mol. The van der Waals surface area contributed by atoms with Crippen molar-refractivity contribution in [1.82, 2.24) is 15.2 Å². The monoisotopic (exact) mass is 519 g/mol. The molecule has 2 aliphatic rings. The quantitative estimate of drug-likeness (QED) is 0.182. The second-order valence-corrected chi connectivity index (χ2v) is 9.45. The van der Waals surface area contributed by atoms with Crippen LogP contribution in [0.1, 0.15) is 12.6 Å². The summed E-state index contributed by atoms with van der Waals surface area (Å²) < 4.78 is 7.24. The number of thioether (sulfide) groups is 1. The van der Waals surface area contributed by atoms with Crippen LogP contribution in [0.4, 0.5) is 5.13 Å². The summed E-state index contributed by atoms with van der Waals surface area (Å²) in [5, 5.41) is 18.0. The van der Waals surface area contributed by atoms with E-state index in [1.54, 1.807) is 29.9 Å². The lowest BCUT2D eigenvalue weighted by atomic mass is 9.94. The van der Waals surface area contributed by atoms with Crippen molar-refractivity contribution in [2.24, 2.45) is 5.16 Å². The number of nitrogens with one attached hydrogen (secondary N) is 1. The van der Waals surface area contributed by atoms with Gasteiger partial charge in [0.2, 0.25) is 0 Å². The Hall–Kier alpha value is -3.65. The smallest absolute Gasteiger partial charge is 0.353 e. The maximum absolute atomic E-state index is 13.0. The Morgan fingerprint density at radius 1 is 1.40 bits per heavy atom. The zero-order chi connectivity index (χ0) is 25.1. The van der Waals surface area contributed by atoms with Gasteiger partial charge >= 0.3 is 5.97 Å². The largest absolute Gasteiger partial charge is 0.493 e. The fourth-order valence-electron chi connectivity index (χ4n) is 3.76. The van der Waals surface area contributed by atoms with Crippen molar-refractivity contribution in [2.45, 2.75) is 25.6 Å². The topological polar surface area (TPSA) is 160 Å². The van der Waals surface area contributed by atoms with Crippen LogP contribution in [0.15, 0.2) is 45.7 Å². The van der Waals surface area contributed by atoms with Crippen LogP contribution >= 0.6 is 23.1 Å². The van der Waals surface area contributed by atoms with E-state index < -0.39 is 29.9 Å². The first-order valence-electron chi connectivity index (χ1n) is 10.5. The Morgan fingerprint density at radius 2 is 2.14 bits per heavy atom. The van der Waals surface area contributed by atoms with E-state index in [4.69, 9.17) is 15.3 Å². The van der Waals surface area contributed by atoms with Gasteiger partial charge in [0.1, 0.15) is 30.3 Å². The number of carboxylic acids is 1. The van der Waals surface area contributed by atoms with E-state index in [9.17, 15) is 19.5 Å². The molecule has 2 unspecified atom stereocenters. The molecule has 12 nitrogen and oxygen atoms in total. The van der Waals surface area contributed by atoms with Crippen LogP contribution in [0.2, 0.25) is 0 Å². The van der Waals surface area contributed by atoms with E-state index in [0.717, 1.165) is 11.3 Å². The van der Waals surface area contributed by atoms with Gasteiger partial charge in [0.25, 0.3) is 11.8 Å². The number of nitrogen functional groups attached to an aromatic ring is 1. The third-order valence-corrected chi connectivity index (χ3v) is 7.16. The summed E-state index contributed by atoms with van der Waals surface area (Å²) >= 11 is 2.47. The van der Waals surface area contributed by atoms with Crippen molar-refractivity contribution in [3.63, 3.8) is 0 Å². The van der Waals surface area contributed by atoms with Crippen molar-refractivity contribution in [3.05, 3.63) is 46.2 Å². The number of ether oxygens (including phenoxy) is 1. The number of amides is 2. The SMILES string of the molecule is CCOc1cc[n+](CC2=C(C(=O)O)N3C(=O)C(NC(=O)C(=NOC)c4csc(N)n4)C3CS2)cc1. The van der Waals surface area contributed by atoms with Gasteiger partial charge in [-0.15, -0.1) is 23.1 Å². The third kappa shape index (κ3) is 4.93. The molecule has 1 fully saturated rings. The van der Waals surface area contributed by atoms with E-state index in [2.05, 4.69) is 15.5 Å². The molecule has 4 rings (SSSR count). The van der Waals surface area contributed by atoms with Gasteiger partial charge in [0, 0.05) is 23.3 Å². The molecule has 2 aliphatic heterocycles. The number of nitrogens with two attached hydrogens (primary N) is 1. The number of β-lactam (4-membered cyclic amide) rings is 1. The molecule has 4 heterocycles. The molecule has 0 bridgehead atoms. The maximum Gasteiger partial charge on any atom is 0.353 e. The second-order valence-electron chi connectivity index (χ2n) is 7.45. The number of carbonyl (C=O) groups excluding carboxylic acids is 2. The molecule has 0 spiro atoms. The first-order chi connectivity index (χ1) is 16.8. The van der Waals surface area contributed by atoms with Gasteiger partial charge in [-0.25, -0.2) is 9.78 Å². The highest BCUT2D eigenvalue weighted by Gasteiger charge is 2.54. The fourth-order valence-corrected chi connectivity index (χ4v) is 5.58. The highest BCUT2D eigenvalue weighted by Crippen LogP contribution is 2.39. The van der Waals surface area contributed by atoms with Gasteiger partial charge in [0.05, 0.1) is 17.6 Å². The number of aliphatic carboxylic acids is 1. The van der Waals surface area contributed by atoms with Crippen LogP contribution < -0.4 is 20.4 Å². The number of allylic oxidation sites excluding steroid dienone is 1. The summed E-state index contributed by atoms with van der Waals surface area (Å²) in [5.74, 6) is -1.26. The van der Waals surface area contributed by atoms with Gasteiger partial charge in [0.15, 0.2) is 29.8 Å². The number of thiazole rings is 1. The minimum atomic E-state index is -1.21. The highest BCUT2D eigenvalue weighted by molar-refractivity contribution is 8.03. The standard InChI is InChI=1S/C21H22N6O6S2/c1-3-33-11-4-6-26(7-5-11)8-14-17(20(30)31)27-13(10-34-14)16(19(27)29)24-18(28)15(25-32-2)12-9-35-21(22)23-12/h4-7,9,13,16H,3,8,10H2,1-2H3,(H3-,22,23,24,28,30,31)/p+1. The second kappa shape index (κ2) is 10.3. The molecule has 0 aliphatic carbocycles. The summed E-state index contributed by atoms with van der Waals surface area (Å²) in [4.78, 5) is 48.5. The van der Waals surface area contributed by atoms with E-state index >= 15 is 0 Å². The molecule has 0 aromatic carbocycles. The summed E-state index contributed by atoms with van der Waals surface area (Å²) in [7, 11) is 1.28. The third-order valence-electron chi connectivity index (χ3n) is 5.30. The van der Waals surface area contributed by atoms with Crippen LogP contribution in [0, 0.1) is 0 Å². The number of oxime groups is 1. The average molecular weight is 520 g/mol. The zero-order valence-electron chi connectivity index (χ0n) is 18.8. The number of hydrogen-bond acceptors (Lipinski definition) is 10. The number of fused-ring (bicyclic) bond motifs is 1. The normalized spacial score (nSPS) is 19.7. The highest BCUT2D eigenvalue weighted by atomic mass is 32.2. The number of nitrogens with zero attached hydrogens (tertiary/aromatic N) is 4. The molecule has 2 amide bonds. The summed E-state index contributed by atoms with van der Waals surface area (Å²) in [5.41, 5.74) is 5.65.